The van der Waals surface area contributed by atoms with Crippen molar-refractivity contribution in [2.75, 3.05) is 25.1 Å². The summed E-state index contributed by atoms with van der Waals surface area (Å²) >= 11 is 0. The first kappa shape index (κ1) is 17.9. The third kappa shape index (κ3) is 5.26. The molecule has 1 unspecified atom stereocenters. The Kier molecular flexibility index (Phi) is 7.07. The molecule has 0 aromatic carbocycles. The summed E-state index contributed by atoms with van der Waals surface area (Å²) in [5.74, 6) is 0.130. The van der Waals surface area contributed by atoms with Crippen LogP contribution in [0.5, 0.6) is 0 Å². The van der Waals surface area contributed by atoms with E-state index in [0.717, 1.165) is 0 Å². The summed E-state index contributed by atoms with van der Waals surface area (Å²) in [5.41, 5.74) is 0.555. The third-order valence-electron chi connectivity index (χ3n) is 3.05. The van der Waals surface area contributed by atoms with Crippen molar-refractivity contribution >= 4 is 15.7 Å². The van der Waals surface area contributed by atoms with Gasteiger partial charge in [-0.15, -0.1) is 0 Å². The van der Waals surface area contributed by atoms with E-state index in [1.54, 1.807) is 12.3 Å². The molecule has 0 fully saturated rings. The number of sulfonamides is 1. The van der Waals surface area contributed by atoms with E-state index in [9.17, 15) is 8.42 Å². The monoisotopic (exact) mass is 315 g/mol. The fourth-order valence-corrected chi connectivity index (χ4v) is 3.30. The van der Waals surface area contributed by atoms with Gasteiger partial charge in [-0.1, -0.05) is 13.8 Å². The highest BCUT2D eigenvalue weighted by Gasteiger charge is 2.25. The standard InChI is InChI=1S/C14H25N3O3S/c1-5-16-12-7-8-15-9-14(12)21(18,19)17-13(11(3)4)10-20-6-2/h7-9,11,13,17H,5-6,10H2,1-4H3,(H,15,16). The number of nitrogens with zero attached hydrogens (tertiary/aromatic N) is 1. The SMILES string of the molecule is CCNc1ccncc1S(=O)(=O)NC(COCC)C(C)C. The summed E-state index contributed by atoms with van der Waals surface area (Å²) in [4.78, 5) is 4.08. The van der Waals surface area contributed by atoms with Gasteiger partial charge in [0, 0.05) is 31.6 Å². The molecule has 0 aliphatic rings. The van der Waals surface area contributed by atoms with Gasteiger partial charge in [0.15, 0.2) is 0 Å². The Hall–Kier alpha value is -1.18. The average Bonchev–Trinajstić information content (AvgIpc) is 2.44. The van der Waals surface area contributed by atoms with Crippen LogP contribution in [0.2, 0.25) is 0 Å². The molecule has 0 aliphatic heterocycles. The smallest absolute Gasteiger partial charge is 0.244 e. The molecule has 120 valence electrons. The predicted octanol–water partition coefficient (Wildman–Crippen LogP) is 1.85. The molecule has 0 saturated heterocycles. The van der Waals surface area contributed by atoms with Crippen LogP contribution in [0.25, 0.3) is 0 Å². The molecule has 2 N–H and O–H groups in total. The summed E-state index contributed by atoms with van der Waals surface area (Å²) in [5, 5.41) is 3.04. The maximum Gasteiger partial charge on any atom is 0.244 e. The lowest BCUT2D eigenvalue weighted by Crippen LogP contribution is -2.42. The van der Waals surface area contributed by atoms with E-state index in [0.29, 0.717) is 25.4 Å². The molecule has 0 aliphatic carbocycles. The molecule has 1 aromatic heterocycles. The fraction of sp³-hybridized carbons (Fsp3) is 0.643. The molecule has 0 amide bonds. The van der Waals surface area contributed by atoms with Crippen LogP contribution in [0.1, 0.15) is 27.7 Å². The molecule has 1 heterocycles. The minimum Gasteiger partial charge on any atom is -0.384 e. The van der Waals surface area contributed by atoms with E-state index < -0.39 is 10.0 Å². The third-order valence-corrected chi connectivity index (χ3v) is 4.57. The van der Waals surface area contributed by atoms with Crippen molar-refractivity contribution < 1.29 is 13.2 Å². The molecule has 6 nitrogen and oxygen atoms in total. The zero-order valence-corrected chi connectivity index (χ0v) is 13.9. The predicted molar refractivity (Wildman–Crippen MR) is 83.8 cm³/mol. The first-order valence-corrected chi connectivity index (χ1v) is 8.68. The summed E-state index contributed by atoms with van der Waals surface area (Å²) in [6.45, 7) is 9.26. The second-order valence-corrected chi connectivity index (χ2v) is 6.72. The molecule has 0 radical (unpaired) electrons. The lowest BCUT2D eigenvalue weighted by Gasteiger charge is -2.22. The number of aromatic nitrogens is 1. The van der Waals surface area contributed by atoms with Gasteiger partial charge in [0.1, 0.15) is 4.90 Å². The Bertz CT molecular complexity index is 532. The highest BCUT2D eigenvalue weighted by atomic mass is 32.2. The molecule has 7 heteroatoms. The molecule has 0 bridgehead atoms. The molecule has 1 aromatic rings. The first-order valence-electron chi connectivity index (χ1n) is 7.20. The summed E-state index contributed by atoms with van der Waals surface area (Å²) in [7, 11) is -3.64. The van der Waals surface area contributed by atoms with Crippen molar-refractivity contribution in [1.82, 2.24) is 9.71 Å². The lowest BCUT2D eigenvalue weighted by atomic mass is 10.1. The summed E-state index contributed by atoms with van der Waals surface area (Å²) in [6, 6.07) is 1.38. The number of anilines is 1. The second kappa shape index (κ2) is 8.31. The minimum absolute atomic E-state index is 0.130. The van der Waals surface area contributed by atoms with Gasteiger partial charge in [-0.05, 0) is 25.8 Å². The van der Waals surface area contributed by atoms with Gasteiger partial charge in [0.05, 0.1) is 12.3 Å². The van der Waals surface area contributed by atoms with E-state index in [1.807, 2.05) is 27.7 Å². The summed E-state index contributed by atoms with van der Waals surface area (Å²) < 4.78 is 33.2. The highest BCUT2D eigenvalue weighted by molar-refractivity contribution is 7.89. The van der Waals surface area contributed by atoms with Crippen molar-refractivity contribution in [2.24, 2.45) is 5.92 Å². The van der Waals surface area contributed by atoms with Crippen molar-refractivity contribution in [3.8, 4) is 0 Å². The topological polar surface area (TPSA) is 80.3 Å². The van der Waals surface area contributed by atoms with Crippen molar-refractivity contribution in [3.63, 3.8) is 0 Å². The van der Waals surface area contributed by atoms with Crippen LogP contribution < -0.4 is 10.0 Å². The van der Waals surface area contributed by atoms with E-state index >= 15 is 0 Å². The Balaban J connectivity index is 2.99. The van der Waals surface area contributed by atoms with Crippen molar-refractivity contribution in [1.29, 1.82) is 0 Å². The number of hydrogen-bond donors (Lipinski definition) is 2. The van der Waals surface area contributed by atoms with Crippen LogP contribution in [0.3, 0.4) is 0 Å². The van der Waals surface area contributed by atoms with Crippen LogP contribution >= 0.6 is 0 Å². The molecule has 0 spiro atoms. The van der Waals surface area contributed by atoms with Gasteiger partial charge in [-0.2, -0.15) is 0 Å². The highest BCUT2D eigenvalue weighted by Crippen LogP contribution is 2.20. The Morgan fingerprint density at radius 2 is 2.05 bits per heavy atom. The van der Waals surface area contributed by atoms with E-state index in [-0.39, 0.29) is 16.9 Å². The number of nitrogens with one attached hydrogen (secondary N) is 2. The van der Waals surface area contributed by atoms with Crippen LogP contribution in [0.15, 0.2) is 23.4 Å². The molecule has 21 heavy (non-hydrogen) atoms. The van der Waals surface area contributed by atoms with Crippen LogP contribution in [-0.4, -0.2) is 39.2 Å². The number of ether oxygens (including phenoxy) is 1. The molecule has 0 saturated carbocycles. The van der Waals surface area contributed by atoms with Crippen LogP contribution in [0, 0.1) is 5.92 Å². The van der Waals surface area contributed by atoms with Crippen LogP contribution in [-0.2, 0) is 14.8 Å². The fourth-order valence-electron chi connectivity index (χ4n) is 1.80. The maximum absolute atomic E-state index is 12.6. The minimum atomic E-state index is -3.64. The van der Waals surface area contributed by atoms with E-state index in [4.69, 9.17) is 4.74 Å². The number of rotatable bonds is 9. The normalized spacial score (nSPS) is 13.4. The Morgan fingerprint density at radius 1 is 1.33 bits per heavy atom. The van der Waals surface area contributed by atoms with Crippen LogP contribution in [0.4, 0.5) is 5.69 Å². The zero-order valence-electron chi connectivity index (χ0n) is 13.1. The van der Waals surface area contributed by atoms with Gasteiger partial charge in [-0.25, -0.2) is 13.1 Å². The summed E-state index contributed by atoms with van der Waals surface area (Å²) in [6.07, 6.45) is 2.93. The number of pyridine rings is 1. The van der Waals surface area contributed by atoms with Crippen molar-refractivity contribution in [3.05, 3.63) is 18.5 Å². The first-order chi connectivity index (χ1) is 9.92. The maximum atomic E-state index is 12.6. The van der Waals surface area contributed by atoms with Gasteiger partial charge in [0.2, 0.25) is 10.0 Å². The molecular formula is C14H25N3O3S. The lowest BCUT2D eigenvalue weighted by molar-refractivity contribution is 0.116. The van der Waals surface area contributed by atoms with Gasteiger partial charge < -0.3 is 10.1 Å². The Labute approximate surface area is 127 Å². The molecule has 1 atom stereocenters. The van der Waals surface area contributed by atoms with Gasteiger partial charge in [0.25, 0.3) is 0 Å². The van der Waals surface area contributed by atoms with E-state index in [2.05, 4.69) is 15.0 Å². The largest absolute Gasteiger partial charge is 0.384 e. The molecule has 1 rings (SSSR count). The number of hydrogen-bond acceptors (Lipinski definition) is 5. The van der Waals surface area contributed by atoms with Gasteiger partial charge >= 0.3 is 0 Å². The quantitative estimate of drug-likeness (QED) is 0.727. The zero-order chi connectivity index (χ0) is 15.9. The molecular weight excluding hydrogens is 290 g/mol. The van der Waals surface area contributed by atoms with Crippen molar-refractivity contribution in [2.45, 2.75) is 38.6 Å². The van der Waals surface area contributed by atoms with E-state index in [1.165, 1.54) is 6.20 Å². The average molecular weight is 315 g/mol. The van der Waals surface area contributed by atoms with Gasteiger partial charge in [-0.3, -0.25) is 4.98 Å². The second-order valence-electron chi connectivity index (χ2n) is 5.03. The Morgan fingerprint density at radius 3 is 2.62 bits per heavy atom.